The van der Waals surface area contributed by atoms with Crippen LogP contribution in [0, 0.1) is 12.3 Å². The largest absolute Gasteiger partial charge is 0.497 e. The van der Waals surface area contributed by atoms with Crippen molar-refractivity contribution in [2.24, 2.45) is 0 Å². The van der Waals surface area contributed by atoms with E-state index in [-0.39, 0.29) is 0 Å². The molecule has 0 radical (unpaired) electrons. The van der Waals surface area contributed by atoms with Crippen LogP contribution in [0.1, 0.15) is 12.0 Å². The summed E-state index contributed by atoms with van der Waals surface area (Å²) in [5, 5.41) is 11.3. The SMILES string of the molecule is C#CCC(=C)CN1C(=S)SCC1(O)c1ccc(OC)cc1OC. The molecule has 1 unspecified atom stereocenters. The number of terminal acetylenes is 1. The van der Waals surface area contributed by atoms with E-state index in [1.54, 1.807) is 37.3 Å². The number of hydrogen-bond acceptors (Lipinski definition) is 5. The molecular weight excluding hydrogens is 330 g/mol. The molecule has 0 spiro atoms. The summed E-state index contributed by atoms with van der Waals surface area (Å²) >= 11 is 6.81. The highest BCUT2D eigenvalue weighted by Crippen LogP contribution is 2.43. The first-order chi connectivity index (χ1) is 11.0. The van der Waals surface area contributed by atoms with Crippen LogP contribution in [0.4, 0.5) is 0 Å². The Labute approximate surface area is 146 Å². The van der Waals surface area contributed by atoms with Gasteiger partial charge in [-0.15, -0.1) is 12.3 Å². The number of rotatable bonds is 6. The van der Waals surface area contributed by atoms with Crippen molar-refractivity contribution < 1.29 is 14.6 Å². The lowest BCUT2D eigenvalue weighted by Crippen LogP contribution is -2.45. The van der Waals surface area contributed by atoms with Gasteiger partial charge in [0.1, 0.15) is 15.8 Å². The number of ether oxygens (including phenoxy) is 2. The molecule has 4 nitrogen and oxygen atoms in total. The summed E-state index contributed by atoms with van der Waals surface area (Å²) in [6.45, 7) is 4.36. The molecule has 0 aliphatic carbocycles. The van der Waals surface area contributed by atoms with E-state index in [4.69, 9.17) is 28.1 Å². The molecule has 1 N–H and O–H groups in total. The summed E-state index contributed by atoms with van der Waals surface area (Å²) in [7, 11) is 3.14. The molecule has 0 bridgehead atoms. The Morgan fingerprint density at radius 1 is 1.52 bits per heavy atom. The maximum absolute atomic E-state index is 11.3. The van der Waals surface area contributed by atoms with Crippen molar-refractivity contribution in [3.63, 3.8) is 0 Å². The van der Waals surface area contributed by atoms with Gasteiger partial charge in [-0.05, 0) is 17.7 Å². The number of methoxy groups -OCH3 is 2. The molecule has 1 saturated heterocycles. The van der Waals surface area contributed by atoms with E-state index in [0.29, 0.717) is 40.1 Å². The van der Waals surface area contributed by atoms with Crippen LogP contribution in [-0.2, 0) is 5.72 Å². The van der Waals surface area contributed by atoms with Gasteiger partial charge in [0.05, 0.1) is 20.0 Å². The fraction of sp³-hybridized carbons (Fsp3) is 0.353. The number of aliphatic hydroxyl groups is 1. The average molecular weight is 349 g/mol. The van der Waals surface area contributed by atoms with Gasteiger partial charge in [0.25, 0.3) is 0 Å². The molecule has 0 aromatic heterocycles. The van der Waals surface area contributed by atoms with Gasteiger partial charge in [0.15, 0.2) is 5.72 Å². The van der Waals surface area contributed by atoms with Gasteiger partial charge in [0, 0.05) is 24.6 Å². The Bertz CT molecular complexity index is 668. The van der Waals surface area contributed by atoms with Gasteiger partial charge in [-0.2, -0.15) is 0 Å². The first kappa shape index (κ1) is 17.7. The predicted molar refractivity (Wildman–Crippen MR) is 97.8 cm³/mol. The van der Waals surface area contributed by atoms with Gasteiger partial charge in [0.2, 0.25) is 0 Å². The van der Waals surface area contributed by atoms with E-state index >= 15 is 0 Å². The third kappa shape index (κ3) is 3.47. The Morgan fingerprint density at radius 3 is 2.87 bits per heavy atom. The van der Waals surface area contributed by atoms with Crippen LogP contribution in [0.25, 0.3) is 0 Å². The lowest BCUT2D eigenvalue weighted by molar-refractivity contribution is -0.0440. The second-order valence-corrected chi connectivity index (χ2v) is 6.76. The van der Waals surface area contributed by atoms with Crippen LogP contribution in [0.2, 0.25) is 0 Å². The smallest absolute Gasteiger partial charge is 0.179 e. The fourth-order valence-electron chi connectivity index (χ4n) is 2.44. The molecule has 2 rings (SSSR count). The fourth-order valence-corrected chi connectivity index (χ4v) is 3.84. The van der Waals surface area contributed by atoms with E-state index < -0.39 is 5.72 Å². The molecule has 23 heavy (non-hydrogen) atoms. The van der Waals surface area contributed by atoms with Crippen LogP contribution in [0.3, 0.4) is 0 Å². The lowest BCUT2D eigenvalue weighted by atomic mass is 10.0. The van der Waals surface area contributed by atoms with Gasteiger partial charge in [-0.25, -0.2) is 0 Å². The lowest BCUT2D eigenvalue weighted by Gasteiger charge is -2.35. The standard InChI is InChI=1S/C17H19NO3S2/c1-5-6-12(2)10-18-16(22)23-11-17(18,19)14-8-7-13(20-3)9-15(14)21-4/h1,7-9,19H,2,6,10-11H2,3-4H3. The third-order valence-corrected chi connectivity index (χ3v) is 5.23. The molecule has 1 heterocycles. The summed E-state index contributed by atoms with van der Waals surface area (Å²) in [5.74, 6) is 4.18. The number of nitrogens with zero attached hydrogens (tertiary/aromatic N) is 1. The van der Waals surface area contributed by atoms with Gasteiger partial charge in [-0.1, -0.05) is 30.6 Å². The maximum Gasteiger partial charge on any atom is 0.179 e. The van der Waals surface area contributed by atoms with E-state index in [1.165, 1.54) is 11.8 Å². The summed E-state index contributed by atoms with van der Waals surface area (Å²) in [6, 6.07) is 5.33. The minimum atomic E-state index is -1.27. The second kappa shape index (κ2) is 7.26. The molecule has 1 fully saturated rings. The van der Waals surface area contributed by atoms with E-state index in [0.717, 1.165) is 5.57 Å². The van der Waals surface area contributed by atoms with Crippen LogP contribution in [0.15, 0.2) is 30.4 Å². The quantitative estimate of drug-likeness (QED) is 0.484. The minimum Gasteiger partial charge on any atom is -0.497 e. The molecule has 1 aliphatic rings. The van der Waals surface area contributed by atoms with E-state index in [9.17, 15) is 5.11 Å². The molecule has 0 saturated carbocycles. The van der Waals surface area contributed by atoms with E-state index in [2.05, 4.69) is 12.5 Å². The zero-order chi connectivity index (χ0) is 17.0. The van der Waals surface area contributed by atoms with Crippen molar-refractivity contribution in [3.05, 3.63) is 35.9 Å². The van der Waals surface area contributed by atoms with Crippen molar-refractivity contribution in [3.8, 4) is 23.8 Å². The molecular formula is C17H19NO3S2. The van der Waals surface area contributed by atoms with Crippen molar-refractivity contribution in [1.82, 2.24) is 4.90 Å². The van der Waals surface area contributed by atoms with Crippen molar-refractivity contribution in [2.45, 2.75) is 12.1 Å². The molecule has 122 valence electrons. The summed E-state index contributed by atoms with van der Waals surface area (Å²) < 4.78 is 11.3. The van der Waals surface area contributed by atoms with Crippen molar-refractivity contribution >= 4 is 28.3 Å². The van der Waals surface area contributed by atoms with Crippen molar-refractivity contribution in [1.29, 1.82) is 0 Å². The highest BCUT2D eigenvalue weighted by atomic mass is 32.2. The third-order valence-electron chi connectivity index (χ3n) is 3.64. The van der Waals surface area contributed by atoms with Crippen LogP contribution < -0.4 is 9.47 Å². The number of benzene rings is 1. The zero-order valence-corrected chi connectivity index (χ0v) is 14.8. The van der Waals surface area contributed by atoms with Gasteiger partial charge < -0.3 is 19.5 Å². The molecule has 1 aromatic carbocycles. The van der Waals surface area contributed by atoms with Crippen molar-refractivity contribution in [2.75, 3.05) is 26.5 Å². The summed E-state index contributed by atoms with van der Waals surface area (Å²) in [4.78, 5) is 1.75. The second-order valence-electron chi connectivity index (χ2n) is 5.15. The summed E-state index contributed by atoms with van der Waals surface area (Å²) in [5.41, 5.74) is 0.196. The number of thioether (sulfide) groups is 1. The zero-order valence-electron chi connectivity index (χ0n) is 13.2. The highest BCUT2D eigenvalue weighted by molar-refractivity contribution is 8.23. The van der Waals surface area contributed by atoms with Crippen LogP contribution in [0.5, 0.6) is 11.5 Å². The molecule has 1 aliphatic heterocycles. The maximum atomic E-state index is 11.3. The first-order valence-corrected chi connectivity index (χ1v) is 8.35. The van der Waals surface area contributed by atoms with Gasteiger partial charge >= 0.3 is 0 Å². The Hall–Kier alpha value is -1.68. The molecule has 0 amide bonds. The normalized spacial score (nSPS) is 20.3. The van der Waals surface area contributed by atoms with Crippen LogP contribution in [-0.4, -0.2) is 40.8 Å². The monoisotopic (exact) mass is 349 g/mol. The minimum absolute atomic E-state index is 0.404. The average Bonchev–Trinajstić information content (AvgIpc) is 2.83. The number of hydrogen-bond donors (Lipinski definition) is 1. The predicted octanol–water partition coefficient (Wildman–Crippen LogP) is 2.76. The molecule has 1 aromatic rings. The molecule has 1 atom stereocenters. The highest BCUT2D eigenvalue weighted by Gasteiger charge is 2.45. The van der Waals surface area contributed by atoms with E-state index in [1.807, 2.05) is 0 Å². The summed E-state index contributed by atoms with van der Waals surface area (Å²) in [6.07, 6.45) is 5.77. The van der Waals surface area contributed by atoms with Gasteiger partial charge in [-0.3, -0.25) is 0 Å². The Balaban J connectivity index is 2.40. The Kier molecular flexibility index (Phi) is 5.58. The Morgan fingerprint density at radius 2 is 2.26 bits per heavy atom. The molecule has 6 heteroatoms. The first-order valence-electron chi connectivity index (χ1n) is 6.95. The number of thiocarbonyl (C=S) groups is 1. The topological polar surface area (TPSA) is 41.9 Å². The van der Waals surface area contributed by atoms with Crippen LogP contribution >= 0.6 is 24.0 Å².